The van der Waals surface area contributed by atoms with E-state index in [1.165, 1.54) is 0 Å². The number of Topliss-reactive ketones (excluding diaryl/α,β-unsaturated/α-hetero) is 1. The summed E-state index contributed by atoms with van der Waals surface area (Å²) >= 11 is 0. The molecule has 0 saturated heterocycles. The number of benzene rings is 1. The van der Waals surface area contributed by atoms with Crippen molar-refractivity contribution in [2.75, 3.05) is 0 Å². The minimum Gasteiger partial charge on any atom is -0.295 e. The molecule has 0 radical (unpaired) electrons. The fourth-order valence-corrected chi connectivity index (χ4v) is 2.32. The molecule has 0 fully saturated rings. The molecule has 0 unspecified atom stereocenters. The normalized spacial score (nSPS) is 10.7. The number of carbonyl (C=O) groups is 1. The van der Waals surface area contributed by atoms with E-state index in [0.717, 1.165) is 34.6 Å². The van der Waals surface area contributed by atoms with Crippen LogP contribution in [0.15, 0.2) is 24.3 Å². The first-order valence-electron chi connectivity index (χ1n) is 6.20. The van der Waals surface area contributed by atoms with Gasteiger partial charge in [0.15, 0.2) is 5.78 Å². The summed E-state index contributed by atoms with van der Waals surface area (Å²) in [5.74, 6) is 0.0926. The van der Waals surface area contributed by atoms with E-state index < -0.39 is 0 Å². The maximum absolute atomic E-state index is 11.4. The molecule has 2 rings (SSSR count). The molecule has 2 aromatic rings. The second-order valence-electron chi connectivity index (χ2n) is 4.50. The second kappa shape index (κ2) is 4.77. The summed E-state index contributed by atoms with van der Waals surface area (Å²) in [6, 6.07) is 7.75. The Morgan fingerprint density at radius 2 is 2.06 bits per heavy atom. The Labute approximate surface area is 107 Å². The van der Waals surface area contributed by atoms with Gasteiger partial charge in [-0.25, -0.2) is 0 Å². The molecule has 3 heteroatoms. The summed E-state index contributed by atoms with van der Waals surface area (Å²) in [7, 11) is 0. The summed E-state index contributed by atoms with van der Waals surface area (Å²) in [6.07, 6.45) is 0. The minimum atomic E-state index is 0.0926. The standard InChI is InChI=1S/C15H18N2O/c1-5-17-11(3)15(10(2)16-17)14-8-6-7-13(9-14)12(4)18/h6-9H,5H2,1-4H3. The maximum atomic E-state index is 11.4. The summed E-state index contributed by atoms with van der Waals surface area (Å²) < 4.78 is 1.99. The van der Waals surface area contributed by atoms with Crippen molar-refractivity contribution < 1.29 is 4.79 Å². The van der Waals surface area contributed by atoms with Gasteiger partial charge < -0.3 is 0 Å². The number of aromatic nitrogens is 2. The van der Waals surface area contributed by atoms with E-state index in [9.17, 15) is 4.79 Å². The SMILES string of the molecule is CCn1nc(C)c(-c2cccc(C(C)=O)c2)c1C. The van der Waals surface area contributed by atoms with Crippen LogP contribution in [0.1, 0.15) is 35.6 Å². The average molecular weight is 242 g/mol. The Bertz CT molecular complexity index is 597. The van der Waals surface area contributed by atoms with E-state index in [2.05, 4.69) is 18.9 Å². The van der Waals surface area contributed by atoms with Crippen molar-refractivity contribution in [1.82, 2.24) is 9.78 Å². The molecule has 1 heterocycles. The predicted octanol–water partition coefficient (Wildman–Crippen LogP) is 3.39. The Kier molecular flexibility index (Phi) is 3.32. The summed E-state index contributed by atoms with van der Waals surface area (Å²) in [6.45, 7) is 8.61. The molecule has 1 aromatic heterocycles. The van der Waals surface area contributed by atoms with E-state index in [1.807, 2.05) is 35.9 Å². The lowest BCUT2D eigenvalue weighted by Crippen LogP contribution is -1.98. The highest BCUT2D eigenvalue weighted by molar-refractivity contribution is 5.95. The first-order chi connectivity index (χ1) is 8.54. The lowest BCUT2D eigenvalue weighted by atomic mass is 10.0. The van der Waals surface area contributed by atoms with E-state index in [4.69, 9.17) is 0 Å². The zero-order chi connectivity index (χ0) is 13.3. The molecular formula is C15H18N2O. The van der Waals surface area contributed by atoms with Gasteiger partial charge in [-0.2, -0.15) is 5.10 Å². The van der Waals surface area contributed by atoms with Crippen molar-refractivity contribution in [3.05, 3.63) is 41.2 Å². The third-order valence-corrected chi connectivity index (χ3v) is 3.24. The number of ketones is 1. The molecule has 0 bridgehead atoms. The van der Waals surface area contributed by atoms with Crippen LogP contribution in [0.4, 0.5) is 0 Å². The van der Waals surface area contributed by atoms with Crippen LogP contribution < -0.4 is 0 Å². The van der Waals surface area contributed by atoms with Gasteiger partial charge in [0.05, 0.1) is 5.69 Å². The summed E-state index contributed by atoms with van der Waals surface area (Å²) in [4.78, 5) is 11.4. The fraction of sp³-hybridized carbons (Fsp3) is 0.333. The van der Waals surface area contributed by atoms with Gasteiger partial charge in [-0.1, -0.05) is 18.2 Å². The van der Waals surface area contributed by atoms with Crippen LogP contribution >= 0.6 is 0 Å². The summed E-state index contributed by atoms with van der Waals surface area (Å²) in [5.41, 5.74) is 5.11. The van der Waals surface area contributed by atoms with Crippen LogP contribution in [-0.4, -0.2) is 15.6 Å². The predicted molar refractivity (Wildman–Crippen MR) is 72.8 cm³/mol. The van der Waals surface area contributed by atoms with Gasteiger partial charge >= 0.3 is 0 Å². The number of aryl methyl sites for hydroxylation is 2. The minimum absolute atomic E-state index is 0.0926. The molecular weight excluding hydrogens is 224 g/mol. The van der Waals surface area contributed by atoms with Gasteiger partial charge in [-0.05, 0) is 39.3 Å². The molecule has 1 aromatic carbocycles. The van der Waals surface area contributed by atoms with Crippen LogP contribution in [0, 0.1) is 13.8 Å². The molecule has 0 aliphatic rings. The second-order valence-corrected chi connectivity index (χ2v) is 4.50. The third kappa shape index (κ3) is 2.08. The number of carbonyl (C=O) groups excluding carboxylic acids is 1. The zero-order valence-corrected chi connectivity index (χ0v) is 11.3. The molecule has 94 valence electrons. The van der Waals surface area contributed by atoms with Crippen molar-refractivity contribution in [3.8, 4) is 11.1 Å². The third-order valence-electron chi connectivity index (χ3n) is 3.24. The van der Waals surface area contributed by atoms with E-state index in [0.29, 0.717) is 0 Å². The number of hydrogen-bond donors (Lipinski definition) is 0. The van der Waals surface area contributed by atoms with E-state index >= 15 is 0 Å². The van der Waals surface area contributed by atoms with Crippen molar-refractivity contribution in [2.45, 2.75) is 34.2 Å². The molecule has 3 nitrogen and oxygen atoms in total. The quantitative estimate of drug-likeness (QED) is 0.773. The summed E-state index contributed by atoms with van der Waals surface area (Å²) in [5, 5.41) is 4.51. The van der Waals surface area contributed by atoms with Crippen molar-refractivity contribution in [2.24, 2.45) is 0 Å². The lowest BCUT2D eigenvalue weighted by Gasteiger charge is -2.05. The Morgan fingerprint density at radius 1 is 1.33 bits per heavy atom. The topological polar surface area (TPSA) is 34.9 Å². The van der Waals surface area contributed by atoms with E-state index in [1.54, 1.807) is 6.92 Å². The van der Waals surface area contributed by atoms with Crippen molar-refractivity contribution in [1.29, 1.82) is 0 Å². The zero-order valence-electron chi connectivity index (χ0n) is 11.3. The van der Waals surface area contributed by atoms with Gasteiger partial charge in [-0.15, -0.1) is 0 Å². The highest BCUT2D eigenvalue weighted by Gasteiger charge is 2.13. The Balaban J connectivity index is 2.58. The largest absolute Gasteiger partial charge is 0.295 e. The van der Waals surface area contributed by atoms with Crippen LogP contribution in [0.3, 0.4) is 0 Å². The molecule has 0 N–H and O–H groups in total. The van der Waals surface area contributed by atoms with E-state index in [-0.39, 0.29) is 5.78 Å². The van der Waals surface area contributed by atoms with Gasteiger partial charge in [0, 0.05) is 23.4 Å². The van der Waals surface area contributed by atoms with Gasteiger partial charge in [-0.3, -0.25) is 9.48 Å². The van der Waals surface area contributed by atoms with Crippen LogP contribution in [0.5, 0.6) is 0 Å². The number of rotatable bonds is 3. The van der Waals surface area contributed by atoms with Gasteiger partial charge in [0.25, 0.3) is 0 Å². The molecule has 0 spiro atoms. The smallest absolute Gasteiger partial charge is 0.159 e. The number of nitrogens with zero attached hydrogens (tertiary/aromatic N) is 2. The molecule has 0 amide bonds. The van der Waals surface area contributed by atoms with Gasteiger partial charge in [0.2, 0.25) is 0 Å². The van der Waals surface area contributed by atoms with Crippen molar-refractivity contribution in [3.63, 3.8) is 0 Å². The Morgan fingerprint density at radius 3 is 2.61 bits per heavy atom. The van der Waals surface area contributed by atoms with Crippen LogP contribution in [0.2, 0.25) is 0 Å². The molecule has 0 aliphatic carbocycles. The highest BCUT2D eigenvalue weighted by atomic mass is 16.1. The first kappa shape index (κ1) is 12.6. The monoisotopic (exact) mass is 242 g/mol. The maximum Gasteiger partial charge on any atom is 0.159 e. The lowest BCUT2D eigenvalue weighted by molar-refractivity contribution is 0.101. The molecule has 0 saturated carbocycles. The Hall–Kier alpha value is -1.90. The highest BCUT2D eigenvalue weighted by Crippen LogP contribution is 2.27. The number of hydrogen-bond acceptors (Lipinski definition) is 2. The molecule has 0 aliphatic heterocycles. The molecule has 0 atom stereocenters. The van der Waals surface area contributed by atoms with Crippen LogP contribution in [-0.2, 0) is 6.54 Å². The average Bonchev–Trinajstić information content (AvgIpc) is 2.64. The van der Waals surface area contributed by atoms with Crippen molar-refractivity contribution >= 4 is 5.78 Å². The van der Waals surface area contributed by atoms with Gasteiger partial charge in [0.1, 0.15) is 0 Å². The van der Waals surface area contributed by atoms with Crippen LogP contribution in [0.25, 0.3) is 11.1 Å². The fourth-order valence-electron chi connectivity index (χ4n) is 2.32. The first-order valence-corrected chi connectivity index (χ1v) is 6.20. The molecule has 18 heavy (non-hydrogen) atoms.